The number of hydrogen-bond acceptors (Lipinski definition) is 2. The van der Waals surface area contributed by atoms with Gasteiger partial charge in [0.15, 0.2) is 0 Å². The first kappa shape index (κ1) is 9.01. The van der Waals surface area contributed by atoms with Crippen LogP contribution in [0.2, 0.25) is 0 Å². The zero-order valence-corrected chi connectivity index (χ0v) is 7.91. The fourth-order valence-electron chi connectivity index (χ4n) is 1.84. The fraction of sp³-hybridized carbons (Fsp3) is 1.00. The Balaban J connectivity index is 2.34. The Labute approximate surface area is 69.8 Å². The van der Waals surface area contributed by atoms with Crippen LogP contribution < -0.4 is 10.6 Å². The van der Waals surface area contributed by atoms with Crippen molar-refractivity contribution in [2.75, 3.05) is 13.1 Å². The molecule has 0 aromatic carbocycles. The van der Waals surface area contributed by atoms with E-state index in [1.54, 1.807) is 0 Å². The van der Waals surface area contributed by atoms with Crippen molar-refractivity contribution in [2.24, 2.45) is 0 Å². The molecule has 11 heavy (non-hydrogen) atoms. The molecule has 1 fully saturated rings. The van der Waals surface area contributed by atoms with Crippen LogP contribution in [0.4, 0.5) is 0 Å². The monoisotopic (exact) mass is 156 g/mol. The van der Waals surface area contributed by atoms with Gasteiger partial charge >= 0.3 is 0 Å². The molecule has 1 saturated heterocycles. The molecule has 2 heteroatoms. The molecular formula is C9H20N2. The molecule has 1 heterocycles. The molecule has 0 amide bonds. The third kappa shape index (κ3) is 2.80. The maximum atomic E-state index is 3.51. The van der Waals surface area contributed by atoms with Crippen LogP contribution in [0.3, 0.4) is 0 Å². The summed E-state index contributed by atoms with van der Waals surface area (Å²) in [7, 11) is 0. The van der Waals surface area contributed by atoms with Gasteiger partial charge in [-0.25, -0.2) is 0 Å². The van der Waals surface area contributed by atoms with E-state index in [0.29, 0.717) is 5.54 Å². The number of hydrogen-bond donors (Lipinski definition) is 2. The summed E-state index contributed by atoms with van der Waals surface area (Å²) < 4.78 is 0. The molecule has 0 aromatic rings. The molecule has 66 valence electrons. The van der Waals surface area contributed by atoms with Crippen LogP contribution in [0.5, 0.6) is 0 Å². The summed E-state index contributed by atoms with van der Waals surface area (Å²) in [6, 6.07) is 0.733. The second-order valence-electron chi connectivity index (χ2n) is 4.06. The Bertz CT molecular complexity index is 119. The van der Waals surface area contributed by atoms with E-state index in [1.165, 1.54) is 12.8 Å². The van der Waals surface area contributed by atoms with Crippen LogP contribution in [0.15, 0.2) is 0 Å². The molecule has 0 spiro atoms. The summed E-state index contributed by atoms with van der Waals surface area (Å²) in [5, 5.41) is 7.01. The van der Waals surface area contributed by atoms with Crippen LogP contribution in [0, 0.1) is 0 Å². The fourth-order valence-corrected chi connectivity index (χ4v) is 1.84. The summed E-state index contributed by atoms with van der Waals surface area (Å²) >= 11 is 0. The van der Waals surface area contributed by atoms with Crippen molar-refractivity contribution >= 4 is 0 Å². The first-order chi connectivity index (χ1) is 5.14. The van der Waals surface area contributed by atoms with Crippen molar-refractivity contribution in [3.8, 4) is 0 Å². The Morgan fingerprint density at radius 1 is 1.55 bits per heavy atom. The first-order valence-electron chi connectivity index (χ1n) is 4.62. The van der Waals surface area contributed by atoms with E-state index in [9.17, 15) is 0 Å². The highest BCUT2D eigenvalue weighted by molar-refractivity contribution is 4.88. The van der Waals surface area contributed by atoms with Gasteiger partial charge in [0.05, 0.1) is 0 Å². The number of piperidine rings is 1. The van der Waals surface area contributed by atoms with Crippen LogP contribution in [0.1, 0.15) is 33.6 Å². The predicted molar refractivity (Wildman–Crippen MR) is 48.8 cm³/mol. The lowest BCUT2D eigenvalue weighted by Crippen LogP contribution is -2.51. The maximum Gasteiger partial charge on any atom is 0.0139 e. The lowest BCUT2D eigenvalue weighted by atomic mass is 9.89. The molecule has 1 atom stereocenters. The van der Waals surface area contributed by atoms with E-state index in [2.05, 4.69) is 31.4 Å². The van der Waals surface area contributed by atoms with E-state index in [1.807, 2.05) is 0 Å². The smallest absolute Gasteiger partial charge is 0.0139 e. The second-order valence-corrected chi connectivity index (χ2v) is 4.06. The molecule has 1 rings (SSSR count). The van der Waals surface area contributed by atoms with Gasteiger partial charge in [-0.05, 0) is 39.8 Å². The van der Waals surface area contributed by atoms with Crippen LogP contribution >= 0.6 is 0 Å². The topological polar surface area (TPSA) is 24.1 Å². The van der Waals surface area contributed by atoms with Gasteiger partial charge in [-0.1, -0.05) is 6.92 Å². The number of rotatable bonds is 2. The molecule has 1 aliphatic rings. The number of nitrogens with one attached hydrogen (secondary N) is 2. The summed E-state index contributed by atoms with van der Waals surface area (Å²) in [5.74, 6) is 0. The van der Waals surface area contributed by atoms with Gasteiger partial charge in [0, 0.05) is 11.6 Å². The largest absolute Gasteiger partial charge is 0.314 e. The minimum atomic E-state index is 0.338. The second kappa shape index (κ2) is 3.55. The Morgan fingerprint density at radius 2 is 2.27 bits per heavy atom. The van der Waals surface area contributed by atoms with Gasteiger partial charge in [0.25, 0.3) is 0 Å². The zero-order valence-electron chi connectivity index (χ0n) is 7.91. The van der Waals surface area contributed by atoms with E-state index < -0.39 is 0 Å². The molecule has 0 aliphatic carbocycles. The molecule has 1 aliphatic heterocycles. The summed E-state index contributed by atoms with van der Waals surface area (Å²) in [6.07, 6.45) is 2.53. The van der Waals surface area contributed by atoms with Crippen molar-refractivity contribution in [1.29, 1.82) is 0 Å². The Hall–Kier alpha value is -0.0800. The molecular weight excluding hydrogens is 136 g/mol. The van der Waals surface area contributed by atoms with Crippen LogP contribution in [-0.2, 0) is 0 Å². The van der Waals surface area contributed by atoms with Gasteiger partial charge in [0.2, 0.25) is 0 Å². The Morgan fingerprint density at radius 3 is 2.82 bits per heavy atom. The summed E-state index contributed by atoms with van der Waals surface area (Å²) in [5.41, 5.74) is 0.338. The molecule has 0 radical (unpaired) electrons. The predicted octanol–water partition coefficient (Wildman–Crippen LogP) is 1.13. The van der Waals surface area contributed by atoms with Crippen LogP contribution in [0.25, 0.3) is 0 Å². The normalized spacial score (nSPS) is 30.3. The lowest BCUT2D eigenvalue weighted by molar-refractivity contribution is 0.251. The SMILES string of the molecule is CCNC1CCNC(C)(C)C1. The van der Waals surface area contributed by atoms with Crippen molar-refractivity contribution in [1.82, 2.24) is 10.6 Å². The van der Waals surface area contributed by atoms with E-state index in [-0.39, 0.29) is 0 Å². The van der Waals surface area contributed by atoms with Gasteiger partial charge in [0.1, 0.15) is 0 Å². The summed E-state index contributed by atoms with van der Waals surface area (Å²) in [4.78, 5) is 0. The van der Waals surface area contributed by atoms with Gasteiger partial charge < -0.3 is 10.6 Å². The van der Waals surface area contributed by atoms with E-state index in [0.717, 1.165) is 19.1 Å². The third-order valence-corrected chi connectivity index (χ3v) is 2.35. The molecule has 0 aromatic heterocycles. The van der Waals surface area contributed by atoms with Gasteiger partial charge in [-0.15, -0.1) is 0 Å². The average Bonchev–Trinajstić information content (AvgIpc) is 1.85. The van der Waals surface area contributed by atoms with Crippen molar-refractivity contribution in [3.63, 3.8) is 0 Å². The first-order valence-corrected chi connectivity index (χ1v) is 4.62. The average molecular weight is 156 g/mol. The molecule has 2 nitrogen and oxygen atoms in total. The van der Waals surface area contributed by atoms with E-state index in [4.69, 9.17) is 0 Å². The van der Waals surface area contributed by atoms with Crippen molar-refractivity contribution < 1.29 is 0 Å². The molecule has 2 N–H and O–H groups in total. The standard InChI is InChI=1S/C9H20N2/c1-4-10-8-5-6-11-9(2,3)7-8/h8,10-11H,4-7H2,1-3H3. The van der Waals surface area contributed by atoms with Crippen molar-refractivity contribution in [2.45, 2.75) is 45.2 Å². The third-order valence-electron chi connectivity index (χ3n) is 2.35. The highest BCUT2D eigenvalue weighted by atomic mass is 15.0. The quantitative estimate of drug-likeness (QED) is 0.626. The maximum absolute atomic E-state index is 3.51. The molecule has 1 unspecified atom stereocenters. The Kier molecular flexibility index (Phi) is 2.90. The minimum Gasteiger partial charge on any atom is -0.314 e. The highest BCUT2D eigenvalue weighted by Crippen LogP contribution is 2.17. The van der Waals surface area contributed by atoms with Crippen molar-refractivity contribution in [3.05, 3.63) is 0 Å². The van der Waals surface area contributed by atoms with E-state index >= 15 is 0 Å². The zero-order chi connectivity index (χ0) is 8.32. The van der Waals surface area contributed by atoms with Gasteiger partial charge in [-0.2, -0.15) is 0 Å². The lowest BCUT2D eigenvalue weighted by Gasteiger charge is -2.36. The molecule has 0 saturated carbocycles. The van der Waals surface area contributed by atoms with Gasteiger partial charge in [-0.3, -0.25) is 0 Å². The molecule has 0 bridgehead atoms. The minimum absolute atomic E-state index is 0.338. The highest BCUT2D eigenvalue weighted by Gasteiger charge is 2.26. The summed E-state index contributed by atoms with van der Waals surface area (Å²) in [6.45, 7) is 8.98. The van der Waals surface area contributed by atoms with Crippen LogP contribution in [-0.4, -0.2) is 24.7 Å².